The van der Waals surface area contributed by atoms with Crippen molar-refractivity contribution in [2.24, 2.45) is 5.10 Å². The number of anilines is 1. The van der Waals surface area contributed by atoms with Crippen molar-refractivity contribution < 1.29 is 18.8 Å². The number of benzene rings is 1. The average molecular weight is 387 g/mol. The summed E-state index contributed by atoms with van der Waals surface area (Å²) in [6.45, 7) is 2.00. The van der Waals surface area contributed by atoms with Crippen molar-refractivity contribution in [2.75, 3.05) is 12.0 Å². The second-order valence-electron chi connectivity index (χ2n) is 4.58. The number of hydrogen-bond acceptors (Lipinski definition) is 8. The molecule has 0 saturated carbocycles. The van der Waals surface area contributed by atoms with Crippen LogP contribution in [0.2, 0.25) is 5.02 Å². The van der Waals surface area contributed by atoms with Gasteiger partial charge in [0.25, 0.3) is 5.69 Å². The first-order valence-corrected chi connectivity index (χ1v) is 8.19. The normalized spacial score (nSPS) is 10.8. The quantitative estimate of drug-likeness (QED) is 0.338. The molecular weight excluding hydrogens is 375 g/mol. The van der Waals surface area contributed by atoms with Crippen LogP contribution in [0.4, 0.5) is 15.2 Å². The van der Waals surface area contributed by atoms with Gasteiger partial charge in [0.05, 0.1) is 29.9 Å². The van der Waals surface area contributed by atoms with Crippen molar-refractivity contribution in [1.82, 2.24) is 4.98 Å². The zero-order valence-electron chi connectivity index (χ0n) is 12.9. The minimum absolute atomic E-state index is 0.0355. The molecule has 25 heavy (non-hydrogen) atoms. The first-order chi connectivity index (χ1) is 11.9. The first-order valence-electron chi connectivity index (χ1n) is 6.93. The lowest BCUT2D eigenvalue weighted by atomic mass is 10.2. The Morgan fingerprint density at radius 2 is 2.36 bits per heavy atom. The lowest BCUT2D eigenvalue weighted by molar-refractivity contribution is -0.384. The maximum absolute atomic E-state index is 13.7. The number of nitrogens with zero attached hydrogens (tertiary/aromatic N) is 3. The molecule has 0 amide bonds. The smallest absolute Gasteiger partial charge is 0.311 e. The summed E-state index contributed by atoms with van der Waals surface area (Å²) in [5, 5.41) is 16.3. The van der Waals surface area contributed by atoms with Crippen LogP contribution in [-0.2, 0) is 16.0 Å². The molecule has 0 aliphatic heterocycles. The van der Waals surface area contributed by atoms with Gasteiger partial charge in [-0.3, -0.25) is 20.3 Å². The van der Waals surface area contributed by atoms with Crippen LogP contribution >= 0.6 is 22.9 Å². The molecule has 2 rings (SSSR count). The van der Waals surface area contributed by atoms with Crippen LogP contribution in [-0.4, -0.2) is 28.7 Å². The number of halogens is 2. The molecule has 0 aliphatic rings. The predicted octanol–water partition coefficient (Wildman–Crippen LogP) is 3.40. The molecule has 1 aromatic carbocycles. The van der Waals surface area contributed by atoms with Crippen molar-refractivity contribution in [3.05, 3.63) is 49.7 Å². The van der Waals surface area contributed by atoms with Gasteiger partial charge < -0.3 is 4.74 Å². The summed E-state index contributed by atoms with van der Waals surface area (Å²) in [5.74, 6) is -1.14. The lowest BCUT2D eigenvalue weighted by Crippen LogP contribution is -2.07. The maximum atomic E-state index is 13.7. The van der Waals surface area contributed by atoms with Gasteiger partial charge in [-0.05, 0) is 6.92 Å². The number of aromatic nitrogens is 1. The number of nitro groups is 1. The van der Waals surface area contributed by atoms with Gasteiger partial charge in [0.15, 0.2) is 0 Å². The largest absolute Gasteiger partial charge is 0.466 e. The van der Waals surface area contributed by atoms with Gasteiger partial charge in [-0.25, -0.2) is 9.37 Å². The molecule has 0 aliphatic carbocycles. The van der Waals surface area contributed by atoms with E-state index in [0.717, 1.165) is 18.3 Å². The van der Waals surface area contributed by atoms with Crippen molar-refractivity contribution in [2.45, 2.75) is 13.3 Å². The summed E-state index contributed by atoms with van der Waals surface area (Å²) in [6.07, 6.45) is 1.11. The fraction of sp³-hybridized carbons (Fsp3) is 0.214. The van der Waals surface area contributed by atoms with Crippen LogP contribution in [0.25, 0.3) is 0 Å². The van der Waals surface area contributed by atoms with Crippen molar-refractivity contribution in [3.63, 3.8) is 0 Å². The van der Waals surface area contributed by atoms with E-state index in [1.807, 2.05) is 0 Å². The minimum Gasteiger partial charge on any atom is -0.466 e. The maximum Gasteiger partial charge on any atom is 0.311 e. The Bertz CT molecular complexity index is 827. The number of thiazole rings is 1. The fourth-order valence-electron chi connectivity index (χ4n) is 1.75. The monoisotopic (exact) mass is 386 g/mol. The van der Waals surface area contributed by atoms with Crippen LogP contribution in [0, 0.1) is 15.9 Å². The highest BCUT2D eigenvalue weighted by Crippen LogP contribution is 2.26. The molecule has 11 heteroatoms. The third-order valence-electron chi connectivity index (χ3n) is 2.81. The molecule has 2 aromatic rings. The third kappa shape index (κ3) is 5.19. The summed E-state index contributed by atoms with van der Waals surface area (Å²) in [7, 11) is 0. The Morgan fingerprint density at radius 3 is 3.04 bits per heavy atom. The van der Waals surface area contributed by atoms with E-state index >= 15 is 0 Å². The van der Waals surface area contributed by atoms with Crippen LogP contribution in [0.1, 0.15) is 18.2 Å². The number of hydrogen-bond donors (Lipinski definition) is 1. The molecule has 8 nitrogen and oxygen atoms in total. The number of hydrazone groups is 1. The molecule has 1 N–H and O–H groups in total. The Kier molecular flexibility index (Phi) is 6.37. The van der Waals surface area contributed by atoms with E-state index in [2.05, 4.69) is 15.5 Å². The van der Waals surface area contributed by atoms with Crippen molar-refractivity contribution in [3.8, 4) is 0 Å². The van der Waals surface area contributed by atoms with Gasteiger partial charge in [-0.1, -0.05) is 11.6 Å². The van der Waals surface area contributed by atoms with Gasteiger partial charge in [-0.15, -0.1) is 11.3 Å². The van der Waals surface area contributed by atoms with Crippen LogP contribution in [0.5, 0.6) is 0 Å². The number of ether oxygens (including phenoxy) is 1. The first kappa shape index (κ1) is 18.7. The standard InChI is InChI=1S/C14H12ClFN4O4S/c1-2-24-13(21)4-9-7-25-14(18-9)19-17-6-8-3-12(20(22)23)10(15)5-11(8)16/h3,5-7H,2,4H2,1H3,(H,18,19). The lowest BCUT2D eigenvalue weighted by Gasteiger charge is -2.00. The predicted molar refractivity (Wildman–Crippen MR) is 91.7 cm³/mol. The highest BCUT2D eigenvalue weighted by molar-refractivity contribution is 7.13. The topological polar surface area (TPSA) is 107 Å². The number of rotatable bonds is 7. The summed E-state index contributed by atoms with van der Waals surface area (Å²) >= 11 is 6.80. The third-order valence-corrected chi connectivity index (χ3v) is 3.91. The number of carbonyl (C=O) groups excluding carboxylic acids is 1. The molecule has 1 heterocycles. The molecule has 0 fully saturated rings. The van der Waals surface area contributed by atoms with Gasteiger partial charge in [0.2, 0.25) is 5.13 Å². The molecular formula is C14H12ClFN4O4S. The number of esters is 1. The average Bonchev–Trinajstić information content (AvgIpc) is 2.96. The van der Waals surface area contributed by atoms with E-state index in [9.17, 15) is 19.3 Å². The number of nitrogens with one attached hydrogen (secondary N) is 1. The molecule has 0 unspecified atom stereocenters. The van der Waals surface area contributed by atoms with E-state index in [1.54, 1.807) is 12.3 Å². The zero-order chi connectivity index (χ0) is 18.4. The molecule has 0 saturated heterocycles. The Morgan fingerprint density at radius 1 is 1.60 bits per heavy atom. The molecule has 0 spiro atoms. The van der Waals surface area contributed by atoms with Gasteiger partial charge in [0, 0.05) is 23.1 Å². The highest BCUT2D eigenvalue weighted by atomic mass is 35.5. The van der Waals surface area contributed by atoms with E-state index in [-0.39, 0.29) is 23.6 Å². The van der Waals surface area contributed by atoms with E-state index in [4.69, 9.17) is 16.3 Å². The van der Waals surface area contributed by atoms with Crippen molar-refractivity contribution in [1.29, 1.82) is 0 Å². The van der Waals surface area contributed by atoms with Gasteiger partial charge in [-0.2, -0.15) is 5.10 Å². The SMILES string of the molecule is CCOC(=O)Cc1csc(NN=Cc2cc([N+](=O)[O-])c(Cl)cc2F)n1. The van der Waals surface area contributed by atoms with Gasteiger partial charge in [0.1, 0.15) is 10.8 Å². The molecule has 0 bridgehead atoms. The molecule has 1 aromatic heterocycles. The fourth-order valence-corrected chi connectivity index (χ4v) is 2.63. The summed E-state index contributed by atoms with van der Waals surface area (Å²) < 4.78 is 18.6. The Balaban J connectivity index is 2.04. The summed E-state index contributed by atoms with van der Waals surface area (Å²) in [5.41, 5.74) is 2.55. The highest BCUT2D eigenvalue weighted by Gasteiger charge is 2.16. The second kappa shape index (κ2) is 8.49. The van der Waals surface area contributed by atoms with E-state index in [0.29, 0.717) is 10.8 Å². The molecule has 0 atom stereocenters. The van der Waals surface area contributed by atoms with Crippen LogP contribution in [0.15, 0.2) is 22.6 Å². The number of carbonyl (C=O) groups is 1. The summed E-state index contributed by atoms with van der Waals surface area (Å²) in [6, 6.07) is 1.83. The summed E-state index contributed by atoms with van der Waals surface area (Å²) in [4.78, 5) is 25.6. The Labute approximate surface area is 150 Å². The van der Waals surface area contributed by atoms with Crippen LogP contribution < -0.4 is 5.43 Å². The van der Waals surface area contributed by atoms with E-state index in [1.165, 1.54) is 11.3 Å². The van der Waals surface area contributed by atoms with Gasteiger partial charge >= 0.3 is 5.97 Å². The Hall–Kier alpha value is -2.59. The molecule has 0 radical (unpaired) electrons. The van der Waals surface area contributed by atoms with E-state index < -0.39 is 22.4 Å². The minimum atomic E-state index is -0.747. The van der Waals surface area contributed by atoms with Crippen LogP contribution in [0.3, 0.4) is 0 Å². The zero-order valence-corrected chi connectivity index (χ0v) is 14.4. The molecule has 132 valence electrons. The van der Waals surface area contributed by atoms with Crippen molar-refractivity contribution >= 4 is 45.9 Å². The second-order valence-corrected chi connectivity index (χ2v) is 5.84. The number of nitro benzene ring substituents is 1.